The quantitative estimate of drug-likeness (QED) is 0.842. The molecule has 1 aliphatic carbocycles. The Balaban J connectivity index is 1.87. The molecule has 1 fully saturated rings. The fourth-order valence-electron chi connectivity index (χ4n) is 1.65. The zero-order chi connectivity index (χ0) is 11.0. The van der Waals surface area contributed by atoms with Gasteiger partial charge >= 0.3 is 0 Å². The van der Waals surface area contributed by atoms with Crippen molar-refractivity contribution >= 4 is 0 Å². The number of rotatable bonds is 3. The van der Waals surface area contributed by atoms with Crippen molar-refractivity contribution in [2.45, 2.75) is 18.9 Å². The van der Waals surface area contributed by atoms with E-state index < -0.39 is 0 Å². The molecule has 3 rings (SSSR count). The maximum Gasteiger partial charge on any atom is 0.258 e. The van der Waals surface area contributed by atoms with Gasteiger partial charge in [-0.1, -0.05) is 5.16 Å². The van der Waals surface area contributed by atoms with Gasteiger partial charge in [-0.15, -0.1) is 0 Å². The second-order valence-corrected chi connectivity index (χ2v) is 4.06. The van der Waals surface area contributed by atoms with E-state index in [9.17, 15) is 0 Å². The second-order valence-electron chi connectivity index (χ2n) is 4.06. The van der Waals surface area contributed by atoms with Crippen LogP contribution in [0.5, 0.6) is 0 Å². The third-order valence-corrected chi connectivity index (χ3v) is 2.80. The molecule has 1 aliphatic rings. The van der Waals surface area contributed by atoms with E-state index in [0.717, 1.165) is 5.56 Å². The van der Waals surface area contributed by atoms with Crippen LogP contribution in [0.1, 0.15) is 24.7 Å². The molecule has 0 aliphatic heterocycles. The van der Waals surface area contributed by atoms with E-state index >= 15 is 0 Å². The van der Waals surface area contributed by atoms with Crippen molar-refractivity contribution in [3.05, 3.63) is 30.4 Å². The second kappa shape index (κ2) is 3.68. The van der Waals surface area contributed by atoms with E-state index in [2.05, 4.69) is 15.1 Å². The van der Waals surface area contributed by atoms with Gasteiger partial charge < -0.3 is 10.3 Å². The first-order valence-corrected chi connectivity index (χ1v) is 5.34. The van der Waals surface area contributed by atoms with Crippen molar-refractivity contribution in [2.24, 2.45) is 11.7 Å². The lowest BCUT2D eigenvalue weighted by atomic mass is 10.2. The average molecular weight is 216 g/mol. The summed E-state index contributed by atoms with van der Waals surface area (Å²) in [5.74, 6) is 1.64. The third-order valence-electron chi connectivity index (χ3n) is 2.80. The molecule has 2 aromatic rings. The van der Waals surface area contributed by atoms with Gasteiger partial charge in [0.1, 0.15) is 0 Å². The minimum atomic E-state index is -0.0839. The van der Waals surface area contributed by atoms with Crippen molar-refractivity contribution in [3.63, 3.8) is 0 Å². The maximum atomic E-state index is 5.99. The lowest BCUT2D eigenvalue weighted by Crippen LogP contribution is -2.13. The predicted octanol–water partition coefficient (Wildman–Crippen LogP) is 1.54. The molecule has 2 N–H and O–H groups in total. The van der Waals surface area contributed by atoms with Crippen molar-refractivity contribution in [2.75, 3.05) is 0 Å². The zero-order valence-corrected chi connectivity index (χ0v) is 8.71. The maximum absolute atomic E-state index is 5.99. The molecule has 82 valence electrons. The van der Waals surface area contributed by atoms with Crippen molar-refractivity contribution in [3.8, 4) is 11.5 Å². The Bertz CT molecular complexity index is 478. The van der Waals surface area contributed by atoms with Crippen LogP contribution < -0.4 is 5.73 Å². The summed E-state index contributed by atoms with van der Waals surface area (Å²) in [5, 5.41) is 3.92. The Morgan fingerprint density at radius 2 is 2.06 bits per heavy atom. The summed E-state index contributed by atoms with van der Waals surface area (Å²) in [7, 11) is 0. The van der Waals surface area contributed by atoms with Gasteiger partial charge in [0, 0.05) is 18.0 Å². The first-order valence-electron chi connectivity index (χ1n) is 5.34. The smallest absolute Gasteiger partial charge is 0.258 e. The Morgan fingerprint density at radius 3 is 2.75 bits per heavy atom. The van der Waals surface area contributed by atoms with Crippen LogP contribution >= 0.6 is 0 Å². The van der Waals surface area contributed by atoms with Crippen LogP contribution in [0.3, 0.4) is 0 Å². The van der Waals surface area contributed by atoms with Crippen molar-refractivity contribution < 1.29 is 4.52 Å². The summed E-state index contributed by atoms with van der Waals surface area (Å²) < 4.78 is 5.18. The van der Waals surface area contributed by atoms with Crippen LogP contribution in [0.4, 0.5) is 0 Å². The largest absolute Gasteiger partial charge is 0.334 e. The summed E-state index contributed by atoms with van der Waals surface area (Å²) >= 11 is 0. The number of nitrogens with zero attached hydrogens (tertiary/aromatic N) is 3. The molecule has 0 spiro atoms. The van der Waals surface area contributed by atoms with Crippen LogP contribution in [0.2, 0.25) is 0 Å². The first kappa shape index (κ1) is 9.47. The molecule has 0 bridgehead atoms. The molecule has 1 unspecified atom stereocenters. The highest BCUT2D eigenvalue weighted by atomic mass is 16.5. The summed E-state index contributed by atoms with van der Waals surface area (Å²) in [4.78, 5) is 8.25. The molecule has 0 aromatic carbocycles. The minimum absolute atomic E-state index is 0.0839. The number of aromatic nitrogens is 3. The first-order chi connectivity index (χ1) is 7.84. The lowest BCUT2D eigenvalue weighted by Gasteiger charge is -2.01. The molecule has 1 saturated carbocycles. The van der Waals surface area contributed by atoms with Gasteiger partial charge in [0.2, 0.25) is 0 Å². The van der Waals surface area contributed by atoms with Crippen molar-refractivity contribution in [1.29, 1.82) is 0 Å². The summed E-state index contributed by atoms with van der Waals surface area (Å²) in [5.41, 5.74) is 6.87. The van der Waals surface area contributed by atoms with Crippen LogP contribution in [0.15, 0.2) is 29.0 Å². The van der Waals surface area contributed by atoms with Gasteiger partial charge in [0.25, 0.3) is 5.89 Å². The van der Waals surface area contributed by atoms with Gasteiger partial charge in [-0.2, -0.15) is 4.98 Å². The Kier molecular flexibility index (Phi) is 2.18. The Hall–Kier alpha value is -1.75. The van der Waals surface area contributed by atoms with Crippen molar-refractivity contribution in [1.82, 2.24) is 15.1 Å². The summed E-state index contributed by atoms with van der Waals surface area (Å²) in [6, 6.07) is 3.58. The van der Waals surface area contributed by atoms with E-state index in [1.54, 1.807) is 12.4 Å². The van der Waals surface area contributed by atoms with E-state index in [1.807, 2.05) is 12.1 Å². The highest BCUT2D eigenvalue weighted by Gasteiger charge is 2.32. The Morgan fingerprint density at radius 1 is 1.31 bits per heavy atom. The van der Waals surface area contributed by atoms with Gasteiger partial charge in [0.05, 0.1) is 6.04 Å². The van der Waals surface area contributed by atoms with Crippen LogP contribution in [0, 0.1) is 5.92 Å². The predicted molar refractivity (Wildman–Crippen MR) is 57.2 cm³/mol. The number of hydrogen-bond donors (Lipinski definition) is 1. The molecule has 2 heterocycles. The molecule has 0 saturated heterocycles. The average Bonchev–Trinajstić information content (AvgIpc) is 3.07. The van der Waals surface area contributed by atoms with Gasteiger partial charge in [-0.05, 0) is 30.9 Å². The third kappa shape index (κ3) is 1.69. The Labute approximate surface area is 92.7 Å². The lowest BCUT2D eigenvalue weighted by molar-refractivity contribution is 0.411. The molecule has 5 heteroatoms. The highest BCUT2D eigenvalue weighted by Crippen LogP contribution is 2.38. The fourth-order valence-corrected chi connectivity index (χ4v) is 1.65. The monoisotopic (exact) mass is 216 g/mol. The minimum Gasteiger partial charge on any atom is -0.334 e. The standard InChI is InChI=1S/C11H12N4O/c12-9(7-1-2-7)10-14-11(16-15-10)8-3-5-13-6-4-8/h3-7,9H,1-2,12H2. The molecule has 5 nitrogen and oxygen atoms in total. The van der Waals surface area contributed by atoms with E-state index in [4.69, 9.17) is 10.3 Å². The number of hydrogen-bond acceptors (Lipinski definition) is 5. The highest BCUT2D eigenvalue weighted by molar-refractivity contribution is 5.51. The topological polar surface area (TPSA) is 77.8 Å². The molecule has 1 atom stereocenters. The SMILES string of the molecule is NC(c1noc(-c2ccncc2)n1)C1CC1. The molecule has 2 aromatic heterocycles. The zero-order valence-electron chi connectivity index (χ0n) is 8.71. The van der Waals surface area contributed by atoms with E-state index in [-0.39, 0.29) is 6.04 Å². The normalized spacial score (nSPS) is 17.3. The molecular weight excluding hydrogens is 204 g/mol. The number of pyridine rings is 1. The van der Waals surface area contributed by atoms with E-state index in [0.29, 0.717) is 17.6 Å². The van der Waals surface area contributed by atoms with Crippen LogP contribution in [0.25, 0.3) is 11.5 Å². The molecule has 16 heavy (non-hydrogen) atoms. The van der Waals surface area contributed by atoms with Gasteiger partial charge in [-0.3, -0.25) is 4.98 Å². The summed E-state index contributed by atoms with van der Waals surface area (Å²) in [6.07, 6.45) is 5.72. The van der Waals surface area contributed by atoms with E-state index in [1.165, 1.54) is 12.8 Å². The fraction of sp³-hybridized carbons (Fsp3) is 0.364. The van der Waals surface area contributed by atoms with Gasteiger partial charge in [-0.25, -0.2) is 0 Å². The molecule has 0 amide bonds. The molecule has 0 radical (unpaired) electrons. The van der Waals surface area contributed by atoms with Crippen LogP contribution in [-0.2, 0) is 0 Å². The number of nitrogens with two attached hydrogens (primary N) is 1. The van der Waals surface area contributed by atoms with Gasteiger partial charge in [0.15, 0.2) is 5.82 Å². The molecular formula is C11H12N4O. The van der Waals surface area contributed by atoms with Crippen LogP contribution in [-0.4, -0.2) is 15.1 Å². The summed E-state index contributed by atoms with van der Waals surface area (Å²) in [6.45, 7) is 0.